The predicted molar refractivity (Wildman–Crippen MR) is 115 cm³/mol. The lowest BCUT2D eigenvalue weighted by Crippen LogP contribution is -2.41. The summed E-state index contributed by atoms with van der Waals surface area (Å²) in [6.07, 6.45) is 4.07. The van der Waals surface area contributed by atoms with Crippen LogP contribution in [-0.2, 0) is 29.3 Å². The van der Waals surface area contributed by atoms with Crippen molar-refractivity contribution in [3.63, 3.8) is 0 Å². The van der Waals surface area contributed by atoms with Crippen molar-refractivity contribution < 1.29 is 27.9 Å². The average molecular weight is 431 g/mol. The molecule has 2 rings (SSSR count). The molecule has 2 aromatic rings. The molecule has 0 heterocycles. The number of amides is 1. The first kappa shape index (κ1) is 23.5. The second kappa shape index (κ2) is 11.5. The zero-order valence-electron chi connectivity index (χ0n) is 17.2. The highest BCUT2D eigenvalue weighted by atomic mass is 31.2. The van der Waals surface area contributed by atoms with Gasteiger partial charge in [0.25, 0.3) is 5.91 Å². The quantitative estimate of drug-likeness (QED) is 0.451. The van der Waals surface area contributed by atoms with Gasteiger partial charge in [-0.2, -0.15) is 0 Å². The van der Waals surface area contributed by atoms with Gasteiger partial charge in [-0.05, 0) is 29.7 Å². The van der Waals surface area contributed by atoms with E-state index >= 15 is 0 Å². The number of rotatable bonds is 10. The molecule has 0 aliphatic rings. The van der Waals surface area contributed by atoms with Crippen molar-refractivity contribution in [1.29, 1.82) is 0 Å². The van der Waals surface area contributed by atoms with Crippen LogP contribution in [0, 0.1) is 0 Å². The van der Waals surface area contributed by atoms with E-state index < -0.39 is 25.5 Å². The smallest absolute Gasteiger partial charge is 0.334 e. The lowest BCUT2D eigenvalue weighted by Gasteiger charge is -2.16. The molecule has 0 fully saturated rings. The van der Waals surface area contributed by atoms with Gasteiger partial charge in [0, 0.05) is 19.8 Å². The number of carbonyl (C=O) groups is 2. The van der Waals surface area contributed by atoms with E-state index in [9.17, 15) is 14.2 Å². The Labute approximate surface area is 176 Å². The molecule has 2 aromatic carbocycles. The molecule has 1 atom stereocenters. The zero-order valence-corrected chi connectivity index (χ0v) is 18.1. The van der Waals surface area contributed by atoms with Gasteiger partial charge in [0.1, 0.15) is 6.04 Å². The summed E-state index contributed by atoms with van der Waals surface area (Å²) in [5.74, 6) is -0.939. The number of nitrogens with one attached hydrogen (secondary N) is 1. The lowest BCUT2D eigenvalue weighted by molar-refractivity contribution is -0.142. The van der Waals surface area contributed by atoms with Crippen LogP contribution in [0.3, 0.4) is 0 Å². The maximum Gasteiger partial charge on any atom is 0.334 e. The monoisotopic (exact) mass is 431 g/mol. The van der Waals surface area contributed by atoms with E-state index in [1.807, 2.05) is 42.5 Å². The van der Waals surface area contributed by atoms with Crippen LogP contribution in [0.25, 0.3) is 6.08 Å². The zero-order chi connectivity index (χ0) is 22.0. The predicted octanol–water partition coefficient (Wildman–Crippen LogP) is 4.05. The van der Waals surface area contributed by atoms with Crippen molar-refractivity contribution in [3.05, 3.63) is 77.4 Å². The normalized spacial score (nSPS) is 12.5. The summed E-state index contributed by atoms with van der Waals surface area (Å²) in [6, 6.07) is 15.3. The molecule has 0 unspecified atom stereocenters. The fourth-order valence-corrected chi connectivity index (χ4v) is 3.76. The second-order valence-electron chi connectivity index (χ2n) is 6.43. The van der Waals surface area contributed by atoms with Crippen molar-refractivity contribution >= 4 is 25.5 Å². The van der Waals surface area contributed by atoms with E-state index in [1.54, 1.807) is 24.3 Å². The number of benzene rings is 2. The Morgan fingerprint density at radius 1 is 1.00 bits per heavy atom. The Hall–Kier alpha value is -2.73. The highest BCUT2D eigenvalue weighted by Crippen LogP contribution is 2.49. The number of ether oxygens (including phenoxy) is 1. The molecule has 0 aliphatic carbocycles. The van der Waals surface area contributed by atoms with Gasteiger partial charge < -0.3 is 19.1 Å². The minimum absolute atomic E-state index is 0.0942. The fourth-order valence-electron chi connectivity index (χ4n) is 2.69. The summed E-state index contributed by atoms with van der Waals surface area (Å²) in [6.45, 7) is 0. The Morgan fingerprint density at radius 3 is 2.20 bits per heavy atom. The summed E-state index contributed by atoms with van der Waals surface area (Å²) in [5.41, 5.74) is 2.06. The van der Waals surface area contributed by atoms with E-state index in [0.29, 0.717) is 11.1 Å². The molecule has 0 saturated carbocycles. The number of esters is 1. The summed E-state index contributed by atoms with van der Waals surface area (Å²) in [5, 5.41) is 2.69. The Morgan fingerprint density at radius 2 is 1.63 bits per heavy atom. The SMILES string of the molecule is COC(=O)[C@H](C/C=C/c1ccccc1)NC(=O)c1ccc(CP(=O)(OC)OC)cc1. The average Bonchev–Trinajstić information content (AvgIpc) is 2.78. The van der Waals surface area contributed by atoms with Crippen LogP contribution in [0.5, 0.6) is 0 Å². The largest absolute Gasteiger partial charge is 0.467 e. The van der Waals surface area contributed by atoms with Gasteiger partial charge in [0.2, 0.25) is 0 Å². The van der Waals surface area contributed by atoms with Crippen molar-refractivity contribution in [2.45, 2.75) is 18.6 Å². The molecular weight excluding hydrogens is 405 g/mol. The molecular formula is C22H26NO6P. The van der Waals surface area contributed by atoms with Crippen LogP contribution < -0.4 is 5.32 Å². The molecule has 30 heavy (non-hydrogen) atoms. The summed E-state index contributed by atoms with van der Waals surface area (Å²) in [7, 11) is 0.739. The van der Waals surface area contributed by atoms with Crippen LogP contribution >= 0.6 is 7.60 Å². The number of hydrogen-bond donors (Lipinski definition) is 1. The van der Waals surface area contributed by atoms with Crippen molar-refractivity contribution in [1.82, 2.24) is 5.32 Å². The standard InChI is InChI=1S/C22H26NO6P/c1-27-22(25)20(11-7-10-17-8-5-4-6-9-17)23-21(24)19-14-12-18(13-15-19)16-30(26,28-2)29-3/h4-10,12-15,20H,11,16H2,1-3H3,(H,23,24)/b10-7+/t20-/m0/s1. The molecule has 7 nitrogen and oxygen atoms in total. The fraction of sp³-hybridized carbons (Fsp3) is 0.273. The Bertz CT molecular complexity index is 903. The third-order valence-corrected chi connectivity index (χ3v) is 6.29. The Kier molecular flexibility index (Phi) is 8.99. The van der Waals surface area contributed by atoms with Gasteiger partial charge in [-0.15, -0.1) is 0 Å². The van der Waals surface area contributed by atoms with Crippen LogP contribution in [0.15, 0.2) is 60.7 Å². The van der Waals surface area contributed by atoms with Crippen molar-refractivity contribution in [2.24, 2.45) is 0 Å². The summed E-state index contributed by atoms with van der Waals surface area (Å²) in [4.78, 5) is 24.6. The van der Waals surface area contributed by atoms with Gasteiger partial charge in [-0.3, -0.25) is 9.36 Å². The summed E-state index contributed by atoms with van der Waals surface area (Å²) >= 11 is 0. The van der Waals surface area contributed by atoms with Crippen LogP contribution in [0.4, 0.5) is 0 Å². The first-order chi connectivity index (χ1) is 14.4. The summed E-state index contributed by atoms with van der Waals surface area (Å²) < 4.78 is 26.9. The van der Waals surface area contributed by atoms with Gasteiger partial charge in [0.05, 0.1) is 13.3 Å². The molecule has 0 bridgehead atoms. The first-order valence-electron chi connectivity index (χ1n) is 9.30. The minimum atomic E-state index is -3.19. The lowest BCUT2D eigenvalue weighted by atomic mass is 10.1. The van der Waals surface area contributed by atoms with E-state index in [2.05, 4.69) is 5.32 Å². The molecule has 0 saturated heterocycles. The van der Waals surface area contributed by atoms with E-state index in [1.165, 1.54) is 21.3 Å². The van der Waals surface area contributed by atoms with Gasteiger partial charge in [-0.25, -0.2) is 4.79 Å². The van der Waals surface area contributed by atoms with E-state index in [4.69, 9.17) is 13.8 Å². The molecule has 8 heteroatoms. The third-order valence-electron chi connectivity index (χ3n) is 4.42. The maximum atomic E-state index is 12.6. The topological polar surface area (TPSA) is 90.9 Å². The second-order valence-corrected chi connectivity index (χ2v) is 8.70. The highest BCUT2D eigenvalue weighted by molar-refractivity contribution is 7.52. The third kappa shape index (κ3) is 6.95. The first-order valence-corrected chi connectivity index (χ1v) is 11.0. The number of carbonyl (C=O) groups excluding carboxylic acids is 2. The van der Waals surface area contributed by atoms with Crippen LogP contribution in [-0.4, -0.2) is 39.2 Å². The number of hydrogen-bond acceptors (Lipinski definition) is 6. The molecule has 1 N–H and O–H groups in total. The minimum Gasteiger partial charge on any atom is -0.467 e. The van der Waals surface area contributed by atoms with Gasteiger partial charge in [0.15, 0.2) is 0 Å². The van der Waals surface area contributed by atoms with Crippen LogP contribution in [0.2, 0.25) is 0 Å². The van der Waals surface area contributed by atoms with Crippen molar-refractivity contribution in [2.75, 3.05) is 21.3 Å². The van der Waals surface area contributed by atoms with Gasteiger partial charge in [-0.1, -0.05) is 54.6 Å². The van der Waals surface area contributed by atoms with Gasteiger partial charge >= 0.3 is 13.6 Å². The number of methoxy groups -OCH3 is 1. The van der Waals surface area contributed by atoms with Crippen molar-refractivity contribution in [3.8, 4) is 0 Å². The van der Waals surface area contributed by atoms with Crippen LogP contribution in [0.1, 0.15) is 27.9 Å². The molecule has 0 radical (unpaired) electrons. The Balaban J connectivity index is 2.03. The molecule has 0 spiro atoms. The molecule has 160 valence electrons. The highest BCUT2D eigenvalue weighted by Gasteiger charge is 2.23. The molecule has 0 aromatic heterocycles. The molecule has 0 aliphatic heterocycles. The maximum absolute atomic E-state index is 12.6. The molecule has 1 amide bonds. The van der Waals surface area contributed by atoms with E-state index in [0.717, 1.165) is 5.56 Å². The van der Waals surface area contributed by atoms with E-state index in [-0.39, 0.29) is 12.6 Å².